The first-order valence-corrected chi connectivity index (χ1v) is 11.3. The fraction of sp³-hybridized carbons (Fsp3) is 0.542. The first kappa shape index (κ1) is 21.4. The summed E-state index contributed by atoms with van der Waals surface area (Å²) in [7, 11) is 1.62. The third-order valence-electron chi connectivity index (χ3n) is 6.30. The molecule has 2 heterocycles. The minimum absolute atomic E-state index is 0.0379. The van der Waals surface area contributed by atoms with E-state index in [1.807, 2.05) is 30.5 Å². The van der Waals surface area contributed by atoms with Gasteiger partial charge in [-0.15, -0.1) is 0 Å². The number of anilines is 1. The summed E-state index contributed by atoms with van der Waals surface area (Å²) >= 11 is 0. The Hall–Kier alpha value is -2.83. The minimum Gasteiger partial charge on any atom is -0.493 e. The van der Waals surface area contributed by atoms with E-state index in [0.29, 0.717) is 31.1 Å². The van der Waals surface area contributed by atoms with E-state index in [9.17, 15) is 4.79 Å². The lowest BCUT2D eigenvalue weighted by atomic mass is 9.86. The Bertz CT molecular complexity index is 896. The fourth-order valence-electron chi connectivity index (χ4n) is 4.30. The highest BCUT2D eigenvalue weighted by Gasteiger charge is 2.27. The van der Waals surface area contributed by atoms with Gasteiger partial charge in [-0.3, -0.25) is 4.79 Å². The van der Waals surface area contributed by atoms with Crippen molar-refractivity contribution in [2.24, 2.45) is 11.8 Å². The van der Waals surface area contributed by atoms with Gasteiger partial charge in [0, 0.05) is 30.9 Å². The number of nitrogens with zero attached hydrogens (tertiary/aromatic N) is 3. The summed E-state index contributed by atoms with van der Waals surface area (Å²) in [5, 5.41) is 3.00. The van der Waals surface area contributed by atoms with Crippen molar-refractivity contribution in [3.8, 4) is 11.5 Å². The Labute approximate surface area is 184 Å². The van der Waals surface area contributed by atoms with Crippen LogP contribution >= 0.6 is 0 Å². The predicted molar refractivity (Wildman–Crippen MR) is 120 cm³/mol. The molecule has 0 bridgehead atoms. The molecule has 166 valence electrons. The number of methoxy groups -OCH3 is 1. The average Bonchev–Trinajstić information content (AvgIpc) is 2.81. The Kier molecular flexibility index (Phi) is 6.89. The smallest absolute Gasteiger partial charge is 0.225 e. The van der Waals surface area contributed by atoms with Crippen molar-refractivity contribution in [2.75, 3.05) is 38.3 Å². The number of fused-ring (bicyclic) bond motifs is 1. The summed E-state index contributed by atoms with van der Waals surface area (Å²) in [4.78, 5) is 24.4. The van der Waals surface area contributed by atoms with E-state index in [4.69, 9.17) is 14.5 Å². The van der Waals surface area contributed by atoms with Gasteiger partial charge < -0.3 is 19.7 Å². The van der Waals surface area contributed by atoms with Crippen LogP contribution in [0.3, 0.4) is 0 Å². The maximum absolute atomic E-state index is 12.6. The molecule has 1 amide bonds. The van der Waals surface area contributed by atoms with Crippen molar-refractivity contribution in [2.45, 2.75) is 39.0 Å². The molecule has 2 aromatic rings. The first-order valence-electron chi connectivity index (χ1n) is 11.3. The molecule has 1 N–H and O–H groups in total. The van der Waals surface area contributed by atoms with Crippen molar-refractivity contribution in [1.29, 1.82) is 0 Å². The number of benzene rings is 1. The number of piperidine rings is 1. The molecule has 1 aliphatic heterocycles. The molecule has 1 aliphatic carbocycles. The maximum atomic E-state index is 12.6. The van der Waals surface area contributed by atoms with E-state index in [-0.39, 0.29) is 11.8 Å². The van der Waals surface area contributed by atoms with E-state index < -0.39 is 0 Å². The van der Waals surface area contributed by atoms with Gasteiger partial charge in [-0.1, -0.05) is 19.1 Å². The first-order chi connectivity index (χ1) is 15.1. The van der Waals surface area contributed by atoms with Gasteiger partial charge in [-0.2, -0.15) is 0 Å². The molecule has 1 fully saturated rings. The Morgan fingerprint density at radius 2 is 1.97 bits per heavy atom. The molecule has 1 unspecified atom stereocenters. The lowest BCUT2D eigenvalue weighted by molar-refractivity contribution is -0.125. The van der Waals surface area contributed by atoms with E-state index in [0.717, 1.165) is 49.1 Å². The predicted octanol–water partition coefficient (Wildman–Crippen LogP) is 3.02. The normalized spacial score (nSPS) is 18.9. The Balaban J connectivity index is 1.26. The van der Waals surface area contributed by atoms with E-state index in [1.165, 1.54) is 12.8 Å². The van der Waals surface area contributed by atoms with Crippen LogP contribution in [0.15, 0.2) is 30.5 Å². The molecule has 0 saturated carbocycles. The summed E-state index contributed by atoms with van der Waals surface area (Å²) in [6.07, 6.45) is 6.67. The van der Waals surface area contributed by atoms with Gasteiger partial charge in [-0.05, 0) is 55.7 Å². The Morgan fingerprint density at radius 1 is 1.19 bits per heavy atom. The number of carbonyl (C=O) groups excluding carboxylic acids is 1. The summed E-state index contributed by atoms with van der Waals surface area (Å²) in [5.74, 6) is 3.04. The van der Waals surface area contributed by atoms with Crippen LogP contribution < -0.4 is 19.7 Å². The zero-order valence-electron chi connectivity index (χ0n) is 18.5. The largest absolute Gasteiger partial charge is 0.493 e. The molecule has 7 nitrogen and oxygen atoms in total. The number of carbonyl (C=O) groups is 1. The van der Waals surface area contributed by atoms with Gasteiger partial charge in [0.1, 0.15) is 6.61 Å². The summed E-state index contributed by atoms with van der Waals surface area (Å²) in [5.41, 5.74) is 2.21. The molecule has 2 aliphatic rings. The summed E-state index contributed by atoms with van der Waals surface area (Å²) in [6, 6.07) is 7.51. The number of rotatable bonds is 7. The number of aryl methyl sites for hydroxylation is 1. The van der Waals surface area contributed by atoms with Gasteiger partial charge >= 0.3 is 0 Å². The lowest BCUT2D eigenvalue weighted by Gasteiger charge is -2.31. The number of hydrogen-bond donors (Lipinski definition) is 1. The topological polar surface area (TPSA) is 76.6 Å². The van der Waals surface area contributed by atoms with Crippen molar-refractivity contribution in [3.63, 3.8) is 0 Å². The second kappa shape index (κ2) is 9.98. The molecule has 31 heavy (non-hydrogen) atoms. The molecule has 1 aromatic heterocycles. The minimum atomic E-state index is -0.0379. The van der Waals surface area contributed by atoms with Crippen LogP contribution in [0.4, 0.5) is 5.95 Å². The van der Waals surface area contributed by atoms with Gasteiger partial charge in [0.2, 0.25) is 11.9 Å². The van der Waals surface area contributed by atoms with Gasteiger partial charge in [0.15, 0.2) is 11.5 Å². The zero-order chi connectivity index (χ0) is 21.6. The van der Waals surface area contributed by atoms with Crippen molar-refractivity contribution in [3.05, 3.63) is 41.7 Å². The number of ether oxygens (including phenoxy) is 2. The number of hydrogen-bond acceptors (Lipinski definition) is 6. The van der Waals surface area contributed by atoms with Crippen LogP contribution in [-0.2, 0) is 17.6 Å². The molecular formula is C24H32N4O3. The molecule has 0 radical (unpaired) electrons. The Morgan fingerprint density at radius 3 is 2.74 bits per heavy atom. The van der Waals surface area contributed by atoms with Crippen LogP contribution in [0, 0.1) is 11.8 Å². The monoisotopic (exact) mass is 424 g/mol. The molecule has 1 atom stereocenters. The van der Waals surface area contributed by atoms with Crippen LogP contribution in [0.5, 0.6) is 11.5 Å². The highest BCUT2D eigenvalue weighted by atomic mass is 16.5. The summed E-state index contributed by atoms with van der Waals surface area (Å²) < 4.78 is 11.0. The third kappa shape index (κ3) is 5.27. The van der Waals surface area contributed by atoms with Gasteiger partial charge in [0.25, 0.3) is 0 Å². The molecule has 1 saturated heterocycles. The van der Waals surface area contributed by atoms with Crippen LogP contribution in [-0.4, -0.2) is 49.2 Å². The van der Waals surface area contributed by atoms with Crippen molar-refractivity contribution >= 4 is 11.9 Å². The van der Waals surface area contributed by atoms with Crippen LogP contribution in [0.2, 0.25) is 0 Å². The molecule has 0 spiro atoms. The van der Waals surface area contributed by atoms with E-state index >= 15 is 0 Å². The van der Waals surface area contributed by atoms with E-state index in [1.54, 1.807) is 7.11 Å². The highest BCUT2D eigenvalue weighted by molar-refractivity contribution is 5.79. The van der Waals surface area contributed by atoms with Crippen LogP contribution in [0.25, 0.3) is 0 Å². The third-order valence-corrected chi connectivity index (χ3v) is 6.30. The zero-order valence-corrected chi connectivity index (χ0v) is 18.5. The molecule has 7 heteroatoms. The molecular weight excluding hydrogens is 392 g/mol. The lowest BCUT2D eigenvalue weighted by Crippen LogP contribution is -2.37. The standard InChI is InChI=1S/C24H32N4O3/c1-17-9-12-28(13-10-17)24-26-16-19-15-18(7-8-20(19)27-24)23(29)25-11-14-31-22-6-4-3-5-21(22)30-2/h3-6,16-18H,7-15H2,1-2H3,(H,25,29). The van der Waals surface area contributed by atoms with Crippen molar-refractivity contribution < 1.29 is 14.3 Å². The van der Waals surface area contributed by atoms with Crippen LogP contribution in [0.1, 0.15) is 37.4 Å². The number of nitrogens with one attached hydrogen (secondary N) is 1. The second-order valence-corrected chi connectivity index (χ2v) is 8.54. The SMILES string of the molecule is COc1ccccc1OCCNC(=O)C1CCc2nc(N3CCC(C)CC3)ncc2C1. The van der Waals surface area contributed by atoms with Crippen molar-refractivity contribution in [1.82, 2.24) is 15.3 Å². The summed E-state index contributed by atoms with van der Waals surface area (Å²) in [6.45, 7) is 5.23. The quantitative estimate of drug-likeness (QED) is 0.689. The highest BCUT2D eigenvalue weighted by Crippen LogP contribution is 2.27. The average molecular weight is 425 g/mol. The number of para-hydroxylation sites is 2. The van der Waals surface area contributed by atoms with Gasteiger partial charge in [-0.25, -0.2) is 9.97 Å². The number of aromatic nitrogens is 2. The molecule has 1 aromatic carbocycles. The second-order valence-electron chi connectivity index (χ2n) is 8.54. The number of amides is 1. The molecule has 4 rings (SSSR count). The fourth-order valence-corrected chi connectivity index (χ4v) is 4.30. The van der Waals surface area contributed by atoms with Gasteiger partial charge in [0.05, 0.1) is 13.7 Å². The van der Waals surface area contributed by atoms with E-state index in [2.05, 4.69) is 22.1 Å². The maximum Gasteiger partial charge on any atom is 0.225 e.